The third kappa shape index (κ3) is 6.15. The molecule has 2 unspecified atom stereocenters. The van der Waals surface area contributed by atoms with Crippen molar-refractivity contribution in [1.82, 2.24) is 5.32 Å². The number of carbonyl (C=O) groups excluding carboxylic acids is 2. The lowest BCUT2D eigenvalue weighted by Crippen LogP contribution is -2.24. The highest BCUT2D eigenvalue weighted by atomic mass is 32.2. The molecule has 2 heterocycles. The predicted octanol–water partition coefficient (Wildman–Crippen LogP) is 8.17. The maximum atomic E-state index is 12.3. The maximum Gasteiger partial charge on any atom is 0.286 e. The van der Waals surface area contributed by atoms with E-state index in [0.717, 1.165) is 54.3 Å². The lowest BCUT2D eigenvalue weighted by molar-refractivity contribution is -0.119. The van der Waals surface area contributed by atoms with Crippen molar-refractivity contribution in [3.05, 3.63) is 93.9 Å². The molecule has 3 aromatic carbocycles. The molecule has 7 heteroatoms. The lowest BCUT2D eigenvalue weighted by atomic mass is 10.0. The number of imide groups is 1. The van der Waals surface area contributed by atoms with Gasteiger partial charge in [0.15, 0.2) is 0 Å². The lowest BCUT2D eigenvalue weighted by Gasteiger charge is -2.22. The van der Waals surface area contributed by atoms with Crippen molar-refractivity contribution in [3.8, 4) is 11.5 Å². The van der Waals surface area contributed by atoms with E-state index in [1.165, 1.54) is 26.8 Å². The fourth-order valence-corrected chi connectivity index (χ4v) is 7.02. The van der Waals surface area contributed by atoms with Gasteiger partial charge in [0.1, 0.15) is 16.7 Å². The topological polar surface area (TPSA) is 64.6 Å². The number of nitrogens with one attached hydrogen (secondary N) is 1. The van der Waals surface area contributed by atoms with Gasteiger partial charge >= 0.3 is 0 Å². The molecule has 0 bridgehead atoms. The van der Waals surface area contributed by atoms with Crippen molar-refractivity contribution in [2.45, 2.75) is 64.4 Å². The molecule has 5 nitrogen and oxygen atoms in total. The van der Waals surface area contributed by atoms with Crippen LogP contribution in [0.25, 0.3) is 10.1 Å². The van der Waals surface area contributed by atoms with Crippen LogP contribution in [0.1, 0.15) is 59.8 Å². The molecule has 2 atom stereocenters. The first kappa shape index (κ1) is 27.3. The summed E-state index contributed by atoms with van der Waals surface area (Å²) in [6.45, 7) is 6.16. The largest absolute Gasteiger partial charge is 0.455 e. The first-order valence-corrected chi connectivity index (χ1v) is 15.2. The van der Waals surface area contributed by atoms with E-state index in [0.29, 0.717) is 12.2 Å². The number of aryl methyl sites for hydroxylation is 4. The van der Waals surface area contributed by atoms with Gasteiger partial charge in [-0.15, -0.1) is 11.3 Å². The number of carbonyl (C=O) groups is 2. The van der Waals surface area contributed by atoms with Crippen LogP contribution in [0.5, 0.6) is 11.5 Å². The molecule has 2 amide bonds. The van der Waals surface area contributed by atoms with E-state index in [9.17, 15) is 9.59 Å². The van der Waals surface area contributed by atoms with Crippen molar-refractivity contribution in [2.24, 2.45) is 0 Å². The Morgan fingerprint density at radius 3 is 2.49 bits per heavy atom. The van der Waals surface area contributed by atoms with Gasteiger partial charge in [-0.2, -0.15) is 0 Å². The van der Waals surface area contributed by atoms with Gasteiger partial charge in [-0.1, -0.05) is 56.7 Å². The highest BCUT2D eigenvalue weighted by Gasteiger charge is 2.34. The van der Waals surface area contributed by atoms with Gasteiger partial charge in [-0.3, -0.25) is 14.9 Å². The molecule has 0 saturated carbocycles. The van der Waals surface area contributed by atoms with E-state index in [-0.39, 0.29) is 11.1 Å². The van der Waals surface area contributed by atoms with Crippen molar-refractivity contribution in [2.75, 3.05) is 0 Å². The quantitative estimate of drug-likeness (QED) is 0.188. The zero-order valence-corrected chi connectivity index (χ0v) is 24.1. The Kier molecular flexibility index (Phi) is 8.58. The molecule has 202 valence electrons. The molecule has 1 aromatic heterocycles. The Balaban J connectivity index is 1.35. The molecular formula is C32H33NO4S2. The van der Waals surface area contributed by atoms with E-state index < -0.39 is 11.5 Å². The number of benzene rings is 3. The van der Waals surface area contributed by atoms with E-state index in [1.807, 2.05) is 32.0 Å². The van der Waals surface area contributed by atoms with Crippen LogP contribution >= 0.6 is 23.1 Å². The monoisotopic (exact) mass is 559 g/mol. The Morgan fingerprint density at radius 2 is 1.77 bits per heavy atom. The van der Waals surface area contributed by atoms with Gasteiger partial charge in [-0.25, -0.2) is 0 Å². The smallest absolute Gasteiger partial charge is 0.286 e. The summed E-state index contributed by atoms with van der Waals surface area (Å²) in [7, 11) is 0. The summed E-state index contributed by atoms with van der Waals surface area (Å²) in [6, 6.07) is 20.6. The zero-order chi connectivity index (χ0) is 27.4. The van der Waals surface area contributed by atoms with Crippen LogP contribution in [0.4, 0.5) is 4.79 Å². The number of hydrogen-bond donors (Lipinski definition) is 1. The summed E-state index contributed by atoms with van der Waals surface area (Å²) in [4.78, 5) is 24.0. The maximum absolute atomic E-state index is 12.3. The summed E-state index contributed by atoms with van der Waals surface area (Å²) < 4.78 is 14.0. The molecular weight excluding hydrogens is 526 g/mol. The Morgan fingerprint density at radius 1 is 0.949 bits per heavy atom. The number of ether oxygens (including phenoxy) is 2. The molecule has 4 aromatic rings. The minimum absolute atomic E-state index is 0.287. The number of thiophene rings is 1. The van der Waals surface area contributed by atoms with Crippen LogP contribution in [0.2, 0.25) is 0 Å². The molecule has 0 spiro atoms. The zero-order valence-electron chi connectivity index (χ0n) is 22.5. The Hall–Kier alpha value is -3.29. The fourth-order valence-electron chi connectivity index (χ4n) is 4.92. The van der Waals surface area contributed by atoms with Crippen LogP contribution in [0.15, 0.2) is 66.0 Å². The van der Waals surface area contributed by atoms with Gasteiger partial charge < -0.3 is 9.47 Å². The van der Waals surface area contributed by atoms with Gasteiger partial charge in [0.25, 0.3) is 5.24 Å². The van der Waals surface area contributed by atoms with E-state index in [4.69, 9.17) is 9.47 Å². The summed E-state index contributed by atoms with van der Waals surface area (Å²) in [5.74, 6) is 1.19. The van der Waals surface area contributed by atoms with Crippen LogP contribution in [-0.4, -0.2) is 17.4 Å². The molecule has 0 radical (unpaired) electrons. The summed E-state index contributed by atoms with van der Waals surface area (Å²) in [6.07, 6.45) is 4.14. The average Bonchev–Trinajstić information content (AvgIpc) is 3.51. The molecule has 0 aliphatic carbocycles. The molecule has 1 aliphatic heterocycles. The second-order valence-corrected chi connectivity index (χ2v) is 11.7. The fraction of sp³-hybridized carbons (Fsp3) is 0.312. The summed E-state index contributed by atoms with van der Waals surface area (Å²) >= 11 is 2.80. The highest BCUT2D eigenvalue weighted by Crippen LogP contribution is 2.39. The first-order valence-electron chi connectivity index (χ1n) is 13.5. The molecule has 1 aliphatic rings. The number of rotatable bonds is 11. The summed E-state index contributed by atoms with van der Waals surface area (Å²) in [5, 5.41) is 5.09. The Bertz CT molecular complexity index is 1480. The van der Waals surface area contributed by atoms with E-state index in [2.05, 4.69) is 60.1 Å². The standard InChI is InChI=1S/C32H33NO4S2/c1-4-9-25-27(17-16-24-22(19-38-29(24)25)14-13-21-10-7-6-8-11-21)37-28(5-2)36-23-15-12-20(3)26(18-23)30-31(34)33-32(35)39-30/h6-8,10-12,15-19,28,30H,4-5,9,13-14H2,1-3H3,(H,33,34,35). The van der Waals surface area contributed by atoms with Crippen LogP contribution in [-0.2, 0) is 24.1 Å². The predicted molar refractivity (Wildman–Crippen MR) is 160 cm³/mol. The minimum Gasteiger partial charge on any atom is -0.455 e. The van der Waals surface area contributed by atoms with Gasteiger partial charge in [-0.05, 0) is 95.2 Å². The van der Waals surface area contributed by atoms with E-state index in [1.54, 1.807) is 11.3 Å². The third-order valence-corrected chi connectivity index (χ3v) is 9.11. The second kappa shape index (κ2) is 12.3. The molecule has 1 fully saturated rings. The normalized spacial score (nSPS) is 15.9. The third-order valence-electron chi connectivity index (χ3n) is 6.99. The van der Waals surface area contributed by atoms with Crippen molar-refractivity contribution >= 4 is 44.3 Å². The van der Waals surface area contributed by atoms with Crippen LogP contribution in [0, 0.1) is 6.92 Å². The van der Waals surface area contributed by atoms with Crippen LogP contribution < -0.4 is 14.8 Å². The number of fused-ring (bicyclic) bond motifs is 1. The first-order chi connectivity index (χ1) is 19.0. The molecule has 1 saturated heterocycles. The average molecular weight is 560 g/mol. The number of thioether (sulfide) groups is 1. The summed E-state index contributed by atoms with van der Waals surface area (Å²) in [5.41, 5.74) is 5.69. The molecule has 5 rings (SSSR count). The Labute approximate surface area is 237 Å². The van der Waals surface area contributed by atoms with Crippen LogP contribution in [0.3, 0.4) is 0 Å². The van der Waals surface area contributed by atoms with Gasteiger partial charge in [0.2, 0.25) is 12.2 Å². The second-order valence-electron chi connectivity index (χ2n) is 9.78. The van der Waals surface area contributed by atoms with Gasteiger partial charge in [0, 0.05) is 16.7 Å². The van der Waals surface area contributed by atoms with Crippen molar-refractivity contribution in [1.29, 1.82) is 0 Å². The highest BCUT2D eigenvalue weighted by molar-refractivity contribution is 8.15. The van der Waals surface area contributed by atoms with Crippen molar-refractivity contribution < 1.29 is 19.1 Å². The molecule has 39 heavy (non-hydrogen) atoms. The van der Waals surface area contributed by atoms with Gasteiger partial charge in [0.05, 0.1) is 0 Å². The SMILES string of the molecule is CCCc1c(OC(CC)Oc2ccc(C)c(C3SC(=O)NC3=O)c2)ccc2c(CCc3ccccc3)csc12. The number of hydrogen-bond acceptors (Lipinski definition) is 6. The minimum atomic E-state index is -0.560. The van der Waals surface area contributed by atoms with Crippen molar-refractivity contribution in [3.63, 3.8) is 0 Å². The molecule has 1 N–H and O–H groups in total. The van der Waals surface area contributed by atoms with E-state index >= 15 is 0 Å². The number of amides is 2.